The molecule has 24 heavy (non-hydrogen) atoms. The molecule has 4 nitrogen and oxygen atoms in total. The molecule has 0 heterocycles. The van der Waals surface area contributed by atoms with Crippen LogP contribution in [-0.2, 0) is 16.0 Å². The number of ether oxygens (including phenoxy) is 2. The maximum absolute atomic E-state index is 12.1. The number of esters is 1. The van der Waals surface area contributed by atoms with Gasteiger partial charge in [-0.05, 0) is 56.0 Å². The highest BCUT2D eigenvalue weighted by Crippen LogP contribution is 2.26. The molecule has 0 saturated heterocycles. The van der Waals surface area contributed by atoms with Crippen molar-refractivity contribution < 1.29 is 14.3 Å². The molecule has 4 heteroatoms. The van der Waals surface area contributed by atoms with Gasteiger partial charge in [0.2, 0.25) is 0 Å². The molecular formula is C20H25NO3. The molecular weight excluding hydrogens is 302 g/mol. The van der Waals surface area contributed by atoms with Gasteiger partial charge < -0.3 is 15.2 Å². The number of nitrogens with two attached hydrogens (primary N) is 1. The van der Waals surface area contributed by atoms with Crippen LogP contribution in [0.4, 0.5) is 0 Å². The van der Waals surface area contributed by atoms with E-state index in [1.807, 2.05) is 69.3 Å². The van der Waals surface area contributed by atoms with Crippen molar-refractivity contribution in [2.75, 3.05) is 7.11 Å². The first kappa shape index (κ1) is 18.0. The van der Waals surface area contributed by atoms with E-state index in [2.05, 4.69) is 0 Å². The first-order valence-corrected chi connectivity index (χ1v) is 8.01. The molecule has 0 fully saturated rings. The molecule has 0 unspecified atom stereocenters. The standard InChI is InChI=1S/C20H25NO3/c1-20(2,3)24-19(22)18(21)13-15-7-5-6-8-17(15)14-9-11-16(23-4)12-10-14/h5-12,18H,13,21H2,1-4H3/t18-/m0/s1. The third-order valence-electron chi connectivity index (χ3n) is 3.57. The highest BCUT2D eigenvalue weighted by atomic mass is 16.6. The van der Waals surface area contributed by atoms with Gasteiger partial charge in [-0.1, -0.05) is 36.4 Å². The Morgan fingerprint density at radius 1 is 1.08 bits per heavy atom. The Bertz CT molecular complexity index is 687. The molecule has 0 aliphatic carbocycles. The molecule has 0 aromatic heterocycles. The summed E-state index contributed by atoms with van der Waals surface area (Å²) in [5, 5.41) is 0. The third-order valence-corrected chi connectivity index (χ3v) is 3.57. The van der Waals surface area contributed by atoms with Crippen molar-refractivity contribution in [2.24, 2.45) is 5.73 Å². The van der Waals surface area contributed by atoms with Gasteiger partial charge in [0.15, 0.2) is 0 Å². The molecule has 128 valence electrons. The lowest BCUT2D eigenvalue weighted by molar-refractivity contribution is -0.156. The smallest absolute Gasteiger partial charge is 0.323 e. The summed E-state index contributed by atoms with van der Waals surface area (Å²) in [6.45, 7) is 5.51. The Morgan fingerprint density at radius 2 is 1.71 bits per heavy atom. The molecule has 0 saturated carbocycles. The number of carbonyl (C=O) groups excluding carboxylic acids is 1. The fraction of sp³-hybridized carbons (Fsp3) is 0.350. The van der Waals surface area contributed by atoms with Crippen LogP contribution in [0.3, 0.4) is 0 Å². The van der Waals surface area contributed by atoms with E-state index in [9.17, 15) is 4.79 Å². The van der Waals surface area contributed by atoms with Crippen LogP contribution < -0.4 is 10.5 Å². The van der Waals surface area contributed by atoms with Gasteiger partial charge in [0, 0.05) is 0 Å². The summed E-state index contributed by atoms with van der Waals surface area (Å²) in [5.41, 5.74) is 8.64. The summed E-state index contributed by atoms with van der Waals surface area (Å²) in [6.07, 6.45) is 0.428. The minimum Gasteiger partial charge on any atom is -0.497 e. The van der Waals surface area contributed by atoms with Gasteiger partial charge >= 0.3 is 5.97 Å². The maximum Gasteiger partial charge on any atom is 0.323 e. The Hall–Kier alpha value is -2.33. The topological polar surface area (TPSA) is 61.5 Å². The summed E-state index contributed by atoms with van der Waals surface area (Å²) in [6, 6.07) is 15.1. The summed E-state index contributed by atoms with van der Waals surface area (Å²) in [7, 11) is 1.64. The van der Waals surface area contributed by atoms with Crippen LogP contribution in [0.2, 0.25) is 0 Å². The van der Waals surface area contributed by atoms with E-state index in [4.69, 9.17) is 15.2 Å². The minimum atomic E-state index is -0.691. The maximum atomic E-state index is 12.1. The van der Waals surface area contributed by atoms with E-state index >= 15 is 0 Å². The Kier molecular flexibility index (Phi) is 5.62. The normalized spacial score (nSPS) is 12.5. The average Bonchev–Trinajstić information content (AvgIpc) is 2.54. The lowest BCUT2D eigenvalue weighted by Crippen LogP contribution is -2.38. The van der Waals surface area contributed by atoms with Gasteiger partial charge in [0.05, 0.1) is 7.11 Å². The molecule has 0 amide bonds. The minimum absolute atomic E-state index is 0.382. The van der Waals surface area contributed by atoms with Crippen molar-refractivity contribution in [2.45, 2.75) is 38.8 Å². The third kappa shape index (κ3) is 4.83. The lowest BCUT2D eigenvalue weighted by atomic mass is 9.95. The zero-order valence-electron chi connectivity index (χ0n) is 14.7. The molecule has 0 aliphatic rings. The van der Waals surface area contributed by atoms with Crippen molar-refractivity contribution >= 4 is 5.97 Å². The van der Waals surface area contributed by atoms with E-state index < -0.39 is 11.6 Å². The number of hydrogen-bond acceptors (Lipinski definition) is 4. The largest absolute Gasteiger partial charge is 0.497 e. The van der Waals surface area contributed by atoms with Crippen LogP contribution in [0.25, 0.3) is 11.1 Å². The molecule has 2 aromatic rings. The lowest BCUT2D eigenvalue weighted by Gasteiger charge is -2.22. The highest BCUT2D eigenvalue weighted by Gasteiger charge is 2.23. The summed E-state index contributed by atoms with van der Waals surface area (Å²) in [5.74, 6) is 0.425. The number of hydrogen-bond donors (Lipinski definition) is 1. The van der Waals surface area contributed by atoms with Gasteiger partial charge in [-0.15, -0.1) is 0 Å². The zero-order chi connectivity index (χ0) is 17.7. The van der Waals surface area contributed by atoms with E-state index in [-0.39, 0.29) is 5.97 Å². The SMILES string of the molecule is COc1ccc(-c2ccccc2C[C@H](N)C(=O)OC(C)(C)C)cc1. The summed E-state index contributed by atoms with van der Waals surface area (Å²) >= 11 is 0. The number of methoxy groups -OCH3 is 1. The van der Waals surface area contributed by atoms with Gasteiger partial charge in [-0.2, -0.15) is 0 Å². The molecule has 0 bridgehead atoms. The number of benzene rings is 2. The van der Waals surface area contributed by atoms with E-state index in [1.54, 1.807) is 7.11 Å². The highest BCUT2D eigenvalue weighted by molar-refractivity contribution is 5.77. The summed E-state index contributed by atoms with van der Waals surface area (Å²) in [4.78, 5) is 12.1. The van der Waals surface area contributed by atoms with Crippen LogP contribution in [0, 0.1) is 0 Å². The van der Waals surface area contributed by atoms with Gasteiger partial charge in [-0.25, -0.2) is 0 Å². The van der Waals surface area contributed by atoms with E-state index in [0.717, 1.165) is 22.4 Å². The second kappa shape index (κ2) is 7.49. The monoisotopic (exact) mass is 327 g/mol. The van der Waals surface area contributed by atoms with Gasteiger partial charge in [-0.3, -0.25) is 4.79 Å². The van der Waals surface area contributed by atoms with Crippen LogP contribution in [0.1, 0.15) is 26.3 Å². The first-order valence-electron chi connectivity index (χ1n) is 8.01. The predicted octanol–water partition coefficient (Wildman–Crippen LogP) is 3.57. The molecule has 2 aromatic carbocycles. The fourth-order valence-electron chi connectivity index (χ4n) is 2.45. The fourth-order valence-corrected chi connectivity index (χ4v) is 2.45. The van der Waals surface area contributed by atoms with Crippen molar-refractivity contribution in [1.29, 1.82) is 0 Å². The van der Waals surface area contributed by atoms with Crippen molar-refractivity contribution in [3.63, 3.8) is 0 Å². The molecule has 0 spiro atoms. The zero-order valence-corrected chi connectivity index (χ0v) is 14.7. The first-order chi connectivity index (χ1) is 11.3. The molecule has 0 radical (unpaired) electrons. The van der Waals surface area contributed by atoms with Gasteiger partial charge in [0.25, 0.3) is 0 Å². The molecule has 1 atom stereocenters. The Labute approximate surface area is 143 Å². The van der Waals surface area contributed by atoms with E-state index in [1.165, 1.54) is 0 Å². The van der Waals surface area contributed by atoms with Crippen molar-refractivity contribution in [3.05, 3.63) is 54.1 Å². The Morgan fingerprint density at radius 3 is 2.29 bits per heavy atom. The van der Waals surface area contributed by atoms with Crippen LogP contribution in [-0.4, -0.2) is 24.7 Å². The van der Waals surface area contributed by atoms with Crippen LogP contribution in [0.5, 0.6) is 5.75 Å². The quantitative estimate of drug-likeness (QED) is 0.853. The Balaban J connectivity index is 2.20. The summed E-state index contributed by atoms with van der Waals surface area (Å²) < 4.78 is 10.6. The second-order valence-electron chi connectivity index (χ2n) is 6.73. The van der Waals surface area contributed by atoms with E-state index in [0.29, 0.717) is 6.42 Å². The van der Waals surface area contributed by atoms with Crippen LogP contribution >= 0.6 is 0 Å². The molecule has 2 rings (SSSR count). The molecule has 0 aliphatic heterocycles. The van der Waals surface area contributed by atoms with Crippen LogP contribution in [0.15, 0.2) is 48.5 Å². The van der Waals surface area contributed by atoms with Crippen molar-refractivity contribution in [3.8, 4) is 16.9 Å². The number of carbonyl (C=O) groups is 1. The number of rotatable bonds is 5. The van der Waals surface area contributed by atoms with Gasteiger partial charge in [0.1, 0.15) is 17.4 Å². The predicted molar refractivity (Wildman–Crippen MR) is 96.0 cm³/mol. The second-order valence-corrected chi connectivity index (χ2v) is 6.73. The average molecular weight is 327 g/mol. The van der Waals surface area contributed by atoms with Crippen molar-refractivity contribution in [1.82, 2.24) is 0 Å². The molecule has 2 N–H and O–H groups in total.